The Kier molecular flexibility index (Phi) is 3.56. The lowest BCUT2D eigenvalue weighted by atomic mass is 9.75. The summed E-state index contributed by atoms with van der Waals surface area (Å²) in [5.41, 5.74) is -0.623. The van der Waals surface area contributed by atoms with Crippen molar-refractivity contribution in [3.63, 3.8) is 0 Å². The summed E-state index contributed by atoms with van der Waals surface area (Å²) in [5, 5.41) is 9.78. The van der Waals surface area contributed by atoms with Crippen molar-refractivity contribution >= 4 is 0 Å². The normalized spacial score (nSPS) is 13.6. The standard InChI is InChI=1S/C10H21O/c1-7(2)9(8(3)4)10(5,6)11/h7-8,11H,1-6H3. The van der Waals surface area contributed by atoms with Gasteiger partial charge >= 0.3 is 0 Å². The molecule has 0 aliphatic heterocycles. The second kappa shape index (κ2) is 3.57. The highest BCUT2D eigenvalue weighted by molar-refractivity contribution is 5.08. The van der Waals surface area contributed by atoms with E-state index < -0.39 is 5.60 Å². The molecule has 11 heavy (non-hydrogen) atoms. The summed E-state index contributed by atoms with van der Waals surface area (Å²) in [6.07, 6.45) is 0. The van der Waals surface area contributed by atoms with Crippen LogP contribution in [0.2, 0.25) is 0 Å². The summed E-state index contributed by atoms with van der Waals surface area (Å²) in [7, 11) is 0. The summed E-state index contributed by atoms with van der Waals surface area (Å²) >= 11 is 0. The third kappa shape index (κ3) is 3.24. The van der Waals surface area contributed by atoms with Crippen LogP contribution in [-0.2, 0) is 0 Å². The SMILES string of the molecule is CC(C)[C](C(C)C)C(C)(C)O. The van der Waals surface area contributed by atoms with E-state index in [2.05, 4.69) is 27.7 Å². The predicted octanol–water partition coefficient (Wildman–Crippen LogP) is 2.64. The Bertz CT molecular complexity index is 101. The zero-order valence-electron chi connectivity index (χ0n) is 8.60. The molecule has 1 N–H and O–H groups in total. The number of hydrogen-bond acceptors (Lipinski definition) is 1. The highest BCUT2D eigenvalue weighted by atomic mass is 16.3. The van der Waals surface area contributed by atoms with Crippen LogP contribution in [0.15, 0.2) is 0 Å². The fourth-order valence-electron chi connectivity index (χ4n) is 2.08. The van der Waals surface area contributed by atoms with Crippen LogP contribution < -0.4 is 0 Å². The molecule has 0 aromatic rings. The minimum absolute atomic E-state index is 0.468. The van der Waals surface area contributed by atoms with Crippen molar-refractivity contribution in [2.45, 2.75) is 47.1 Å². The van der Waals surface area contributed by atoms with Crippen LogP contribution in [0.3, 0.4) is 0 Å². The van der Waals surface area contributed by atoms with Gasteiger partial charge in [0.05, 0.1) is 5.60 Å². The van der Waals surface area contributed by atoms with E-state index in [0.717, 1.165) is 0 Å². The summed E-state index contributed by atoms with van der Waals surface area (Å²) in [4.78, 5) is 0. The Morgan fingerprint density at radius 2 is 1.27 bits per heavy atom. The van der Waals surface area contributed by atoms with Gasteiger partial charge in [-0.25, -0.2) is 0 Å². The Morgan fingerprint density at radius 1 is 1.00 bits per heavy atom. The van der Waals surface area contributed by atoms with Crippen molar-refractivity contribution in [1.82, 2.24) is 0 Å². The van der Waals surface area contributed by atoms with Gasteiger partial charge in [-0.2, -0.15) is 0 Å². The average molecular weight is 157 g/mol. The molecule has 0 spiro atoms. The highest BCUT2D eigenvalue weighted by Gasteiger charge is 2.32. The molecule has 0 bridgehead atoms. The first-order valence-corrected chi connectivity index (χ1v) is 4.36. The van der Waals surface area contributed by atoms with E-state index in [-0.39, 0.29) is 0 Å². The van der Waals surface area contributed by atoms with Crippen LogP contribution in [0.4, 0.5) is 0 Å². The molecule has 1 nitrogen and oxygen atoms in total. The van der Waals surface area contributed by atoms with E-state index in [9.17, 15) is 5.11 Å². The summed E-state index contributed by atoms with van der Waals surface area (Å²) in [5.74, 6) is 2.17. The maximum absolute atomic E-state index is 9.78. The van der Waals surface area contributed by atoms with Gasteiger partial charge in [0, 0.05) is 5.92 Å². The lowest BCUT2D eigenvalue weighted by Gasteiger charge is -2.35. The largest absolute Gasteiger partial charge is 0.390 e. The van der Waals surface area contributed by atoms with Crippen molar-refractivity contribution in [3.8, 4) is 0 Å². The lowest BCUT2D eigenvalue weighted by Crippen LogP contribution is -2.35. The van der Waals surface area contributed by atoms with Crippen molar-refractivity contribution in [2.75, 3.05) is 0 Å². The molecule has 0 unspecified atom stereocenters. The molecule has 0 aromatic heterocycles. The minimum atomic E-state index is -0.623. The topological polar surface area (TPSA) is 20.2 Å². The highest BCUT2D eigenvalue weighted by Crippen LogP contribution is 2.33. The van der Waals surface area contributed by atoms with Crippen molar-refractivity contribution in [2.24, 2.45) is 11.8 Å². The van der Waals surface area contributed by atoms with Gasteiger partial charge in [0.2, 0.25) is 0 Å². The van der Waals surface area contributed by atoms with Gasteiger partial charge in [-0.3, -0.25) is 0 Å². The molecule has 0 aromatic carbocycles. The van der Waals surface area contributed by atoms with E-state index in [1.54, 1.807) is 0 Å². The number of rotatable bonds is 3. The Labute approximate surface area is 70.8 Å². The molecule has 0 heterocycles. The van der Waals surface area contributed by atoms with Crippen LogP contribution in [0.5, 0.6) is 0 Å². The molecule has 0 aliphatic rings. The molecule has 0 amide bonds. The van der Waals surface area contributed by atoms with Crippen LogP contribution in [-0.4, -0.2) is 10.7 Å². The van der Waals surface area contributed by atoms with Crippen molar-refractivity contribution in [3.05, 3.63) is 5.92 Å². The van der Waals surface area contributed by atoms with Crippen LogP contribution in [0.1, 0.15) is 41.5 Å². The molecule has 0 saturated carbocycles. The van der Waals surface area contributed by atoms with E-state index in [4.69, 9.17) is 0 Å². The maximum Gasteiger partial charge on any atom is 0.0659 e. The van der Waals surface area contributed by atoms with Gasteiger partial charge in [0.1, 0.15) is 0 Å². The smallest absolute Gasteiger partial charge is 0.0659 e. The van der Waals surface area contributed by atoms with E-state index in [1.165, 1.54) is 5.92 Å². The molecule has 0 aliphatic carbocycles. The Hall–Kier alpha value is -0.0400. The molecule has 0 rings (SSSR count). The fraction of sp³-hybridized carbons (Fsp3) is 0.900. The summed E-state index contributed by atoms with van der Waals surface area (Å²) < 4.78 is 0. The Morgan fingerprint density at radius 3 is 1.27 bits per heavy atom. The van der Waals surface area contributed by atoms with E-state index in [1.807, 2.05) is 13.8 Å². The molecule has 0 atom stereocenters. The maximum atomic E-state index is 9.78. The van der Waals surface area contributed by atoms with Crippen molar-refractivity contribution in [1.29, 1.82) is 0 Å². The third-order valence-corrected chi connectivity index (χ3v) is 1.95. The summed E-state index contributed by atoms with van der Waals surface area (Å²) in [6, 6.07) is 0. The summed E-state index contributed by atoms with van der Waals surface area (Å²) in [6.45, 7) is 12.3. The molecule has 1 radical (unpaired) electrons. The van der Waals surface area contributed by atoms with Gasteiger partial charge in [0.25, 0.3) is 0 Å². The van der Waals surface area contributed by atoms with Gasteiger partial charge in [-0.15, -0.1) is 0 Å². The van der Waals surface area contributed by atoms with E-state index >= 15 is 0 Å². The lowest BCUT2D eigenvalue weighted by molar-refractivity contribution is 0.0657. The van der Waals surface area contributed by atoms with Gasteiger partial charge in [-0.1, -0.05) is 27.7 Å². The molecule has 0 saturated heterocycles. The molecular formula is C10H21O. The fourth-order valence-corrected chi connectivity index (χ4v) is 2.08. The molecular weight excluding hydrogens is 136 g/mol. The Balaban J connectivity index is 4.35. The first-order valence-electron chi connectivity index (χ1n) is 4.36. The van der Waals surface area contributed by atoms with Gasteiger partial charge in [0.15, 0.2) is 0 Å². The van der Waals surface area contributed by atoms with Gasteiger partial charge < -0.3 is 5.11 Å². The molecule has 0 fully saturated rings. The van der Waals surface area contributed by atoms with E-state index in [0.29, 0.717) is 11.8 Å². The third-order valence-electron chi connectivity index (χ3n) is 1.95. The van der Waals surface area contributed by atoms with Crippen molar-refractivity contribution < 1.29 is 5.11 Å². The minimum Gasteiger partial charge on any atom is -0.390 e. The first kappa shape index (κ1) is 11.0. The second-order valence-electron chi connectivity index (χ2n) is 4.32. The first-order chi connectivity index (χ1) is 4.76. The zero-order chi connectivity index (χ0) is 9.23. The quantitative estimate of drug-likeness (QED) is 0.667. The molecule has 67 valence electrons. The average Bonchev–Trinajstić information content (AvgIpc) is 1.54. The number of hydrogen-bond donors (Lipinski definition) is 1. The monoisotopic (exact) mass is 157 g/mol. The molecule has 1 heteroatoms. The van der Waals surface area contributed by atoms with Gasteiger partial charge in [-0.05, 0) is 25.7 Å². The second-order valence-corrected chi connectivity index (χ2v) is 4.32. The predicted molar refractivity (Wildman–Crippen MR) is 49.2 cm³/mol. The zero-order valence-corrected chi connectivity index (χ0v) is 8.60. The number of aliphatic hydroxyl groups is 1. The van der Waals surface area contributed by atoms with Crippen LogP contribution in [0.25, 0.3) is 0 Å². The van der Waals surface area contributed by atoms with Crippen LogP contribution in [0, 0.1) is 17.8 Å². The van der Waals surface area contributed by atoms with Crippen LogP contribution >= 0.6 is 0 Å².